The van der Waals surface area contributed by atoms with Crippen molar-refractivity contribution in [3.63, 3.8) is 0 Å². The van der Waals surface area contributed by atoms with Crippen LogP contribution in [0.2, 0.25) is 0 Å². The van der Waals surface area contributed by atoms with Crippen molar-refractivity contribution in [2.45, 2.75) is 4.90 Å². The van der Waals surface area contributed by atoms with Gasteiger partial charge in [-0.05, 0) is 60.7 Å². The molecule has 0 heterocycles. The number of carbonyl (C=O) groups excluding carboxylic acids is 1. The summed E-state index contributed by atoms with van der Waals surface area (Å²) in [5.41, 5.74) is 2.06. The molecule has 0 bridgehead atoms. The largest absolute Gasteiger partial charge is 0.378 e. The van der Waals surface area contributed by atoms with Gasteiger partial charge in [0.1, 0.15) is 0 Å². The van der Waals surface area contributed by atoms with Crippen molar-refractivity contribution in [3.8, 4) is 0 Å². The number of benzene rings is 3. The van der Waals surface area contributed by atoms with Gasteiger partial charge in [-0.25, -0.2) is 8.42 Å². The molecule has 0 aliphatic heterocycles. The third kappa shape index (κ3) is 5.16. The van der Waals surface area contributed by atoms with Crippen LogP contribution in [-0.4, -0.2) is 28.4 Å². The van der Waals surface area contributed by atoms with E-state index in [2.05, 4.69) is 26.0 Å². The smallest absolute Gasteiger partial charge is 0.261 e. The molecule has 29 heavy (non-hydrogen) atoms. The lowest BCUT2D eigenvalue weighted by Crippen LogP contribution is -2.18. The van der Waals surface area contributed by atoms with E-state index in [0.717, 1.165) is 10.2 Å². The van der Waals surface area contributed by atoms with Gasteiger partial charge >= 0.3 is 0 Å². The first-order chi connectivity index (χ1) is 13.8. The number of anilines is 3. The van der Waals surface area contributed by atoms with Crippen molar-refractivity contribution in [2.24, 2.45) is 0 Å². The molecule has 6 nitrogen and oxygen atoms in total. The summed E-state index contributed by atoms with van der Waals surface area (Å²) in [7, 11) is 0.0334. The lowest BCUT2D eigenvalue weighted by molar-refractivity contribution is 0.102. The van der Waals surface area contributed by atoms with Crippen LogP contribution in [-0.2, 0) is 10.0 Å². The quantitative estimate of drug-likeness (QED) is 0.549. The average Bonchev–Trinajstić information content (AvgIpc) is 2.69. The molecule has 0 fully saturated rings. The third-order valence-electron chi connectivity index (χ3n) is 4.18. The Morgan fingerprint density at radius 1 is 0.897 bits per heavy atom. The molecular weight excluding hydrogens is 454 g/mol. The maximum absolute atomic E-state index is 12.8. The Morgan fingerprint density at radius 3 is 2.14 bits per heavy atom. The Hall–Kier alpha value is -2.84. The van der Waals surface area contributed by atoms with Crippen LogP contribution in [0.5, 0.6) is 0 Å². The number of amides is 1. The fraction of sp³-hybridized carbons (Fsp3) is 0.0952. The standard InChI is InChI=1S/C21H20BrN3O3S/c1-25(2)17-11-9-16(10-12-17)23-21(26)19-5-3-4-6-20(19)24-29(27,28)18-13-7-15(22)8-14-18/h3-14,24H,1-2H3,(H,23,26). The van der Waals surface area contributed by atoms with E-state index in [0.29, 0.717) is 5.69 Å². The molecule has 3 aromatic rings. The van der Waals surface area contributed by atoms with E-state index >= 15 is 0 Å². The van der Waals surface area contributed by atoms with Gasteiger partial charge < -0.3 is 10.2 Å². The second-order valence-electron chi connectivity index (χ2n) is 6.50. The van der Waals surface area contributed by atoms with Gasteiger partial charge in [0.15, 0.2) is 0 Å². The normalized spacial score (nSPS) is 11.0. The van der Waals surface area contributed by atoms with Gasteiger partial charge in [-0.2, -0.15) is 0 Å². The van der Waals surface area contributed by atoms with E-state index in [4.69, 9.17) is 0 Å². The molecule has 2 N–H and O–H groups in total. The minimum absolute atomic E-state index is 0.107. The molecule has 0 saturated heterocycles. The van der Waals surface area contributed by atoms with Crippen molar-refractivity contribution < 1.29 is 13.2 Å². The monoisotopic (exact) mass is 473 g/mol. The van der Waals surface area contributed by atoms with Crippen molar-refractivity contribution >= 4 is 48.9 Å². The Bertz CT molecular complexity index is 1110. The maximum Gasteiger partial charge on any atom is 0.261 e. The molecule has 0 spiro atoms. The van der Waals surface area contributed by atoms with Crippen LogP contribution in [0.15, 0.2) is 82.2 Å². The maximum atomic E-state index is 12.8. The summed E-state index contributed by atoms with van der Waals surface area (Å²) in [5, 5.41) is 2.80. The van der Waals surface area contributed by atoms with Gasteiger partial charge in [-0.1, -0.05) is 28.1 Å². The van der Waals surface area contributed by atoms with Gasteiger partial charge in [-0.3, -0.25) is 9.52 Å². The van der Waals surface area contributed by atoms with Gasteiger partial charge in [0.25, 0.3) is 15.9 Å². The first-order valence-electron chi connectivity index (χ1n) is 8.72. The molecule has 0 atom stereocenters. The summed E-state index contributed by atoms with van der Waals surface area (Å²) < 4.78 is 28.6. The van der Waals surface area contributed by atoms with Crippen LogP contribution in [0, 0.1) is 0 Å². The van der Waals surface area contributed by atoms with Crippen LogP contribution < -0.4 is 14.9 Å². The molecule has 0 unspecified atom stereocenters. The number of para-hydroxylation sites is 1. The van der Waals surface area contributed by atoms with Gasteiger partial charge in [0, 0.05) is 29.9 Å². The summed E-state index contributed by atoms with van der Waals surface area (Å²) in [6, 6.07) is 20.1. The average molecular weight is 474 g/mol. The van der Waals surface area contributed by atoms with Crippen molar-refractivity contribution in [3.05, 3.63) is 82.8 Å². The number of nitrogens with one attached hydrogen (secondary N) is 2. The zero-order valence-corrected chi connectivity index (χ0v) is 18.3. The minimum Gasteiger partial charge on any atom is -0.378 e. The number of hydrogen-bond acceptors (Lipinski definition) is 4. The summed E-state index contributed by atoms with van der Waals surface area (Å²) in [5.74, 6) is -0.406. The Labute approximate surface area is 178 Å². The number of rotatable bonds is 6. The van der Waals surface area contributed by atoms with Crippen molar-refractivity contribution in [1.29, 1.82) is 0 Å². The van der Waals surface area contributed by atoms with Crippen LogP contribution in [0.1, 0.15) is 10.4 Å². The first kappa shape index (κ1) is 20.9. The van der Waals surface area contributed by atoms with Gasteiger partial charge in [-0.15, -0.1) is 0 Å². The summed E-state index contributed by atoms with van der Waals surface area (Å²) in [4.78, 5) is 14.8. The highest BCUT2D eigenvalue weighted by molar-refractivity contribution is 9.10. The second-order valence-corrected chi connectivity index (χ2v) is 9.10. The predicted molar refractivity (Wildman–Crippen MR) is 120 cm³/mol. The van der Waals surface area contributed by atoms with Crippen LogP contribution in [0.4, 0.5) is 17.1 Å². The molecule has 0 aliphatic rings. The minimum atomic E-state index is -3.83. The lowest BCUT2D eigenvalue weighted by atomic mass is 10.1. The lowest BCUT2D eigenvalue weighted by Gasteiger charge is -2.14. The fourth-order valence-electron chi connectivity index (χ4n) is 2.63. The molecule has 3 rings (SSSR count). The van der Waals surface area contributed by atoms with Crippen molar-refractivity contribution in [1.82, 2.24) is 0 Å². The van der Waals surface area contributed by atoms with Gasteiger partial charge in [0.05, 0.1) is 16.1 Å². The predicted octanol–water partition coefficient (Wildman–Crippen LogP) is 4.57. The van der Waals surface area contributed by atoms with Crippen LogP contribution in [0.25, 0.3) is 0 Å². The topological polar surface area (TPSA) is 78.5 Å². The summed E-state index contributed by atoms with van der Waals surface area (Å²) in [6.45, 7) is 0. The van der Waals surface area contributed by atoms with E-state index < -0.39 is 15.9 Å². The summed E-state index contributed by atoms with van der Waals surface area (Å²) >= 11 is 3.28. The zero-order chi connectivity index (χ0) is 21.0. The number of hydrogen-bond donors (Lipinski definition) is 2. The highest BCUT2D eigenvalue weighted by atomic mass is 79.9. The van der Waals surface area contributed by atoms with E-state index in [1.54, 1.807) is 48.5 Å². The molecule has 0 radical (unpaired) electrons. The molecule has 8 heteroatoms. The van der Waals surface area contributed by atoms with E-state index in [1.807, 2.05) is 31.1 Å². The highest BCUT2D eigenvalue weighted by Gasteiger charge is 2.18. The van der Waals surface area contributed by atoms with Crippen LogP contribution in [0.3, 0.4) is 0 Å². The number of carbonyl (C=O) groups is 1. The number of halogens is 1. The molecule has 150 valence electrons. The number of nitrogens with zero attached hydrogens (tertiary/aromatic N) is 1. The molecule has 0 aromatic heterocycles. The fourth-order valence-corrected chi connectivity index (χ4v) is 3.97. The summed E-state index contributed by atoms with van der Waals surface area (Å²) in [6.07, 6.45) is 0. The Morgan fingerprint density at radius 2 is 1.52 bits per heavy atom. The number of sulfonamides is 1. The van der Waals surface area contributed by atoms with E-state index in [-0.39, 0.29) is 16.1 Å². The Balaban J connectivity index is 1.82. The highest BCUT2D eigenvalue weighted by Crippen LogP contribution is 2.23. The van der Waals surface area contributed by atoms with Crippen LogP contribution >= 0.6 is 15.9 Å². The third-order valence-corrected chi connectivity index (χ3v) is 6.09. The molecule has 0 aliphatic carbocycles. The second kappa shape index (κ2) is 8.67. The molecule has 1 amide bonds. The molecular formula is C21H20BrN3O3S. The zero-order valence-electron chi connectivity index (χ0n) is 15.9. The van der Waals surface area contributed by atoms with Crippen molar-refractivity contribution in [2.75, 3.05) is 29.0 Å². The molecule has 0 saturated carbocycles. The first-order valence-corrected chi connectivity index (χ1v) is 11.0. The van der Waals surface area contributed by atoms with E-state index in [9.17, 15) is 13.2 Å². The van der Waals surface area contributed by atoms with E-state index in [1.165, 1.54) is 12.1 Å². The Kier molecular flexibility index (Phi) is 6.24. The SMILES string of the molecule is CN(C)c1ccc(NC(=O)c2ccccc2NS(=O)(=O)c2ccc(Br)cc2)cc1. The molecule has 3 aromatic carbocycles. The van der Waals surface area contributed by atoms with Gasteiger partial charge in [0.2, 0.25) is 0 Å².